The molecule has 2 nitrogen and oxygen atoms in total. The number of unbranched alkanes of at least 4 members (excludes halogenated alkanes) is 5. The van der Waals surface area contributed by atoms with Crippen molar-refractivity contribution in [1.82, 2.24) is 0 Å². The lowest BCUT2D eigenvalue weighted by atomic mass is 9.99. The maximum absolute atomic E-state index is 8.94. The molecule has 4 aromatic rings. The molecule has 0 aliphatic carbocycles. The van der Waals surface area contributed by atoms with Crippen molar-refractivity contribution < 1.29 is 0 Å². The molecule has 0 N–H and O–H groups in total. The predicted molar refractivity (Wildman–Crippen MR) is 148 cm³/mol. The van der Waals surface area contributed by atoms with Crippen molar-refractivity contribution in [2.24, 2.45) is 0 Å². The average molecular weight is 469 g/mol. The summed E-state index contributed by atoms with van der Waals surface area (Å²) in [6, 6.07) is 37.6. The second kappa shape index (κ2) is 13.1. The fourth-order valence-electron chi connectivity index (χ4n) is 4.57. The molecule has 0 spiro atoms. The molecule has 36 heavy (non-hydrogen) atoms. The van der Waals surface area contributed by atoms with Gasteiger partial charge < -0.3 is 0 Å². The van der Waals surface area contributed by atoms with E-state index in [0.29, 0.717) is 11.1 Å². The zero-order chi connectivity index (χ0) is 25.0. The molecule has 0 saturated heterocycles. The molecular formula is C34H32N2. The lowest BCUT2D eigenvalue weighted by molar-refractivity contribution is 0.594. The first-order valence-electron chi connectivity index (χ1n) is 12.9. The van der Waals surface area contributed by atoms with Crippen LogP contribution >= 0.6 is 0 Å². The monoisotopic (exact) mass is 468 g/mol. The number of nitrogens with zero attached hydrogens (tertiary/aromatic N) is 2. The third-order valence-electron chi connectivity index (χ3n) is 6.78. The van der Waals surface area contributed by atoms with Gasteiger partial charge >= 0.3 is 0 Å². The highest BCUT2D eigenvalue weighted by Crippen LogP contribution is 2.22. The van der Waals surface area contributed by atoms with Crippen LogP contribution in [0.1, 0.15) is 60.8 Å². The van der Waals surface area contributed by atoms with Crippen LogP contribution < -0.4 is 0 Å². The highest BCUT2D eigenvalue weighted by Gasteiger charge is 2.01. The van der Waals surface area contributed by atoms with Crippen molar-refractivity contribution in [3.63, 3.8) is 0 Å². The van der Waals surface area contributed by atoms with Crippen LogP contribution in [0.25, 0.3) is 22.3 Å². The largest absolute Gasteiger partial charge is 0.192 e. The summed E-state index contributed by atoms with van der Waals surface area (Å²) in [5, 5.41) is 17.9. The van der Waals surface area contributed by atoms with Gasteiger partial charge in [0.15, 0.2) is 0 Å². The zero-order valence-corrected chi connectivity index (χ0v) is 20.8. The van der Waals surface area contributed by atoms with E-state index in [4.69, 9.17) is 10.5 Å². The molecule has 0 bridgehead atoms. The third-order valence-corrected chi connectivity index (χ3v) is 6.78. The van der Waals surface area contributed by atoms with Crippen LogP contribution in [0.2, 0.25) is 0 Å². The van der Waals surface area contributed by atoms with E-state index in [1.165, 1.54) is 60.8 Å². The Hall–Kier alpha value is -4.14. The standard InChI is InChI=1S/C34H32N2/c35-25-29-13-21-33(22-14-29)31-17-9-27(10-18-31)7-5-3-1-2-4-6-8-28-11-19-32(20-12-28)34-23-15-30(26-36)16-24-34/h9-24H,1-8H2. The van der Waals surface area contributed by atoms with E-state index in [-0.39, 0.29) is 0 Å². The highest BCUT2D eigenvalue weighted by molar-refractivity contribution is 5.65. The molecule has 178 valence electrons. The van der Waals surface area contributed by atoms with Crippen molar-refractivity contribution in [3.8, 4) is 34.4 Å². The van der Waals surface area contributed by atoms with E-state index in [1.807, 2.05) is 48.5 Å². The number of benzene rings is 4. The Morgan fingerprint density at radius 3 is 0.944 bits per heavy atom. The summed E-state index contributed by atoms with van der Waals surface area (Å²) in [5.41, 5.74) is 8.91. The Kier molecular flexibility index (Phi) is 9.07. The van der Waals surface area contributed by atoms with Gasteiger partial charge in [-0.25, -0.2) is 0 Å². The van der Waals surface area contributed by atoms with E-state index < -0.39 is 0 Å². The van der Waals surface area contributed by atoms with E-state index in [0.717, 1.165) is 24.0 Å². The molecular weight excluding hydrogens is 436 g/mol. The van der Waals surface area contributed by atoms with Gasteiger partial charge in [-0.2, -0.15) is 10.5 Å². The van der Waals surface area contributed by atoms with Crippen molar-refractivity contribution >= 4 is 0 Å². The first-order valence-corrected chi connectivity index (χ1v) is 12.9. The molecule has 0 aliphatic rings. The second-order valence-corrected chi connectivity index (χ2v) is 9.39. The van der Waals surface area contributed by atoms with E-state index in [9.17, 15) is 0 Å². The Balaban J connectivity index is 1.09. The van der Waals surface area contributed by atoms with Gasteiger partial charge in [0.1, 0.15) is 0 Å². The lowest BCUT2D eigenvalue weighted by Gasteiger charge is -2.06. The fourth-order valence-corrected chi connectivity index (χ4v) is 4.57. The van der Waals surface area contributed by atoms with Crippen molar-refractivity contribution in [1.29, 1.82) is 10.5 Å². The van der Waals surface area contributed by atoms with Gasteiger partial charge in [0.2, 0.25) is 0 Å². The molecule has 0 unspecified atom stereocenters. The van der Waals surface area contributed by atoms with Crippen LogP contribution in [0, 0.1) is 22.7 Å². The fraction of sp³-hybridized carbons (Fsp3) is 0.235. The average Bonchev–Trinajstić information content (AvgIpc) is 2.95. The smallest absolute Gasteiger partial charge is 0.0991 e. The Bertz CT molecular complexity index is 1190. The Morgan fingerprint density at radius 1 is 0.361 bits per heavy atom. The molecule has 4 rings (SSSR count). The minimum Gasteiger partial charge on any atom is -0.192 e. The molecule has 0 atom stereocenters. The van der Waals surface area contributed by atoms with Gasteiger partial charge in [-0.15, -0.1) is 0 Å². The second-order valence-electron chi connectivity index (χ2n) is 9.39. The molecule has 0 amide bonds. The summed E-state index contributed by atoms with van der Waals surface area (Å²) >= 11 is 0. The lowest BCUT2D eigenvalue weighted by Crippen LogP contribution is -1.89. The summed E-state index contributed by atoms with van der Waals surface area (Å²) in [6.07, 6.45) is 9.95. The topological polar surface area (TPSA) is 47.6 Å². The van der Waals surface area contributed by atoms with Crippen LogP contribution in [0.4, 0.5) is 0 Å². The molecule has 2 heteroatoms. The summed E-state index contributed by atoms with van der Waals surface area (Å²) in [5.74, 6) is 0. The summed E-state index contributed by atoms with van der Waals surface area (Å²) in [6.45, 7) is 0. The molecule has 0 aromatic heterocycles. The summed E-state index contributed by atoms with van der Waals surface area (Å²) < 4.78 is 0. The maximum Gasteiger partial charge on any atom is 0.0991 e. The molecule has 0 heterocycles. The van der Waals surface area contributed by atoms with E-state index >= 15 is 0 Å². The normalized spacial score (nSPS) is 10.5. The molecule has 4 aromatic carbocycles. The van der Waals surface area contributed by atoms with Gasteiger partial charge in [-0.3, -0.25) is 0 Å². The first-order chi connectivity index (χ1) is 17.7. The zero-order valence-electron chi connectivity index (χ0n) is 20.8. The van der Waals surface area contributed by atoms with Gasteiger partial charge in [-0.05, 0) is 83.3 Å². The third kappa shape index (κ3) is 7.18. The number of aryl methyl sites for hydroxylation is 2. The van der Waals surface area contributed by atoms with E-state index in [2.05, 4.69) is 60.7 Å². The van der Waals surface area contributed by atoms with Gasteiger partial charge in [0, 0.05) is 0 Å². The minimum absolute atomic E-state index is 0.699. The van der Waals surface area contributed by atoms with E-state index in [1.54, 1.807) is 0 Å². The van der Waals surface area contributed by atoms with Gasteiger partial charge in [0.05, 0.1) is 23.3 Å². The number of rotatable bonds is 11. The molecule has 0 radical (unpaired) electrons. The molecule has 0 aliphatic heterocycles. The Labute approximate surface area is 215 Å². The SMILES string of the molecule is N#Cc1ccc(-c2ccc(CCCCCCCCc3ccc(-c4ccc(C#N)cc4)cc3)cc2)cc1. The minimum atomic E-state index is 0.699. The maximum atomic E-state index is 8.94. The predicted octanol–water partition coefficient (Wildman–Crippen LogP) is 8.89. The number of nitriles is 2. The Morgan fingerprint density at radius 2 is 0.639 bits per heavy atom. The quantitative estimate of drug-likeness (QED) is 0.206. The van der Waals surface area contributed by atoms with Crippen molar-refractivity contribution in [2.45, 2.75) is 51.4 Å². The summed E-state index contributed by atoms with van der Waals surface area (Å²) in [4.78, 5) is 0. The van der Waals surface area contributed by atoms with Gasteiger partial charge in [-0.1, -0.05) is 98.5 Å². The number of hydrogen-bond donors (Lipinski definition) is 0. The van der Waals surface area contributed by atoms with Crippen LogP contribution in [0.5, 0.6) is 0 Å². The summed E-state index contributed by atoms with van der Waals surface area (Å²) in [7, 11) is 0. The van der Waals surface area contributed by atoms with Crippen LogP contribution in [-0.2, 0) is 12.8 Å². The van der Waals surface area contributed by atoms with Crippen molar-refractivity contribution in [3.05, 3.63) is 119 Å². The van der Waals surface area contributed by atoms with Gasteiger partial charge in [0.25, 0.3) is 0 Å². The highest BCUT2D eigenvalue weighted by atomic mass is 14.2. The number of hydrogen-bond acceptors (Lipinski definition) is 2. The van der Waals surface area contributed by atoms with Crippen molar-refractivity contribution in [2.75, 3.05) is 0 Å². The van der Waals surface area contributed by atoms with Crippen LogP contribution in [-0.4, -0.2) is 0 Å². The first kappa shape index (κ1) is 25.0. The van der Waals surface area contributed by atoms with Crippen LogP contribution in [0.3, 0.4) is 0 Å². The molecule has 0 fully saturated rings. The van der Waals surface area contributed by atoms with Crippen LogP contribution in [0.15, 0.2) is 97.1 Å². The molecule has 0 saturated carbocycles.